The molecule has 0 fully saturated rings. The lowest BCUT2D eigenvalue weighted by atomic mass is 10.1. The molecule has 1 amide bonds. The molecular formula is C16H26IN3O4Si. The van der Waals surface area contributed by atoms with Crippen molar-refractivity contribution in [2.45, 2.75) is 51.9 Å². The smallest absolute Gasteiger partial charge is 0.343 e. The lowest BCUT2D eigenvalue weighted by Gasteiger charge is -2.38. The quantitative estimate of drug-likeness (QED) is 0.399. The number of nitrogens with zero attached hydrogens (tertiary/aromatic N) is 2. The lowest BCUT2D eigenvalue weighted by Crippen LogP contribution is -2.46. The number of rotatable bonds is 5. The number of hydrogen-bond donors (Lipinski definition) is 1. The first kappa shape index (κ1) is 20.4. The van der Waals surface area contributed by atoms with Gasteiger partial charge in [-0.1, -0.05) is 20.8 Å². The standard InChI is InChI=1S/C16H26IN3O4Si/c1-7-23-15(22)11-12-14(21)18-8-10(20(12)19-13(11)17)9-24-25(5,6)16(2,3)4/h10H,7-9H2,1-6H3,(H,18,21). The fourth-order valence-corrected chi connectivity index (χ4v) is 4.05. The Morgan fingerprint density at radius 2 is 2.08 bits per heavy atom. The first-order valence-corrected chi connectivity index (χ1v) is 12.4. The summed E-state index contributed by atoms with van der Waals surface area (Å²) in [6.45, 7) is 13.8. The highest BCUT2D eigenvalue weighted by Gasteiger charge is 2.40. The van der Waals surface area contributed by atoms with Crippen LogP contribution in [0.5, 0.6) is 0 Å². The van der Waals surface area contributed by atoms with Crippen LogP contribution in [0.25, 0.3) is 0 Å². The van der Waals surface area contributed by atoms with E-state index in [0.717, 1.165) is 0 Å². The highest BCUT2D eigenvalue weighted by molar-refractivity contribution is 14.1. The van der Waals surface area contributed by atoms with Crippen molar-refractivity contribution in [3.05, 3.63) is 15.0 Å². The Balaban J connectivity index is 2.30. The number of amides is 1. The van der Waals surface area contributed by atoms with Gasteiger partial charge >= 0.3 is 5.97 Å². The van der Waals surface area contributed by atoms with Crippen LogP contribution < -0.4 is 5.32 Å². The Hall–Kier alpha value is -0.943. The second-order valence-electron chi connectivity index (χ2n) is 7.61. The van der Waals surface area contributed by atoms with E-state index in [1.165, 1.54) is 0 Å². The fraction of sp³-hybridized carbons (Fsp3) is 0.688. The van der Waals surface area contributed by atoms with Crippen molar-refractivity contribution in [3.63, 3.8) is 0 Å². The molecule has 1 unspecified atom stereocenters. The predicted octanol–water partition coefficient (Wildman–Crippen LogP) is 2.97. The van der Waals surface area contributed by atoms with Gasteiger partial charge in [0.15, 0.2) is 8.32 Å². The van der Waals surface area contributed by atoms with Gasteiger partial charge in [0.05, 0.1) is 19.3 Å². The summed E-state index contributed by atoms with van der Waals surface area (Å²) in [5.41, 5.74) is 0.495. The Labute approximate surface area is 163 Å². The Morgan fingerprint density at radius 3 is 2.64 bits per heavy atom. The molecule has 1 atom stereocenters. The molecule has 1 N–H and O–H groups in total. The second kappa shape index (κ2) is 7.35. The normalized spacial score (nSPS) is 17.9. The maximum absolute atomic E-state index is 12.3. The number of hydrogen-bond acceptors (Lipinski definition) is 5. The molecule has 0 saturated heterocycles. The highest BCUT2D eigenvalue weighted by Crippen LogP contribution is 2.37. The van der Waals surface area contributed by atoms with Crippen LogP contribution in [-0.4, -0.2) is 49.7 Å². The number of ether oxygens (including phenoxy) is 1. The average molecular weight is 479 g/mol. The van der Waals surface area contributed by atoms with Crippen molar-refractivity contribution in [3.8, 4) is 0 Å². The van der Waals surface area contributed by atoms with Crippen LogP contribution in [0.2, 0.25) is 18.1 Å². The summed E-state index contributed by atoms with van der Waals surface area (Å²) < 4.78 is 13.5. The first-order valence-electron chi connectivity index (χ1n) is 8.37. The van der Waals surface area contributed by atoms with Gasteiger partial charge in [0.25, 0.3) is 5.91 Å². The van der Waals surface area contributed by atoms with E-state index >= 15 is 0 Å². The van der Waals surface area contributed by atoms with E-state index in [4.69, 9.17) is 9.16 Å². The van der Waals surface area contributed by atoms with Gasteiger partial charge in [0, 0.05) is 6.54 Å². The topological polar surface area (TPSA) is 82.5 Å². The summed E-state index contributed by atoms with van der Waals surface area (Å²) in [6, 6.07) is -0.140. The van der Waals surface area contributed by atoms with Crippen molar-refractivity contribution in [1.29, 1.82) is 0 Å². The minimum Gasteiger partial charge on any atom is -0.462 e. The van der Waals surface area contributed by atoms with Gasteiger partial charge in [0.2, 0.25) is 0 Å². The Bertz CT molecular complexity index is 682. The zero-order valence-corrected chi connectivity index (χ0v) is 18.8. The molecule has 0 radical (unpaired) electrons. The summed E-state index contributed by atoms with van der Waals surface area (Å²) in [4.78, 5) is 24.5. The summed E-state index contributed by atoms with van der Waals surface area (Å²) >= 11 is 1.97. The van der Waals surface area contributed by atoms with Crippen LogP contribution in [0, 0.1) is 3.70 Å². The van der Waals surface area contributed by atoms with Crippen LogP contribution >= 0.6 is 22.6 Å². The second-order valence-corrected chi connectivity index (χ2v) is 13.4. The van der Waals surface area contributed by atoms with E-state index < -0.39 is 14.3 Å². The van der Waals surface area contributed by atoms with Crippen molar-refractivity contribution < 1.29 is 18.8 Å². The maximum atomic E-state index is 12.3. The number of aromatic nitrogens is 2. The first-order chi connectivity index (χ1) is 11.5. The molecule has 9 heteroatoms. The molecule has 0 bridgehead atoms. The van der Waals surface area contributed by atoms with Gasteiger partial charge in [0.1, 0.15) is 15.0 Å². The average Bonchev–Trinajstić information content (AvgIpc) is 2.83. The molecule has 1 aliphatic rings. The van der Waals surface area contributed by atoms with E-state index in [1.807, 2.05) is 22.6 Å². The number of esters is 1. The van der Waals surface area contributed by atoms with Crippen LogP contribution in [-0.2, 0) is 9.16 Å². The number of nitrogens with one attached hydrogen (secondary N) is 1. The molecule has 1 aliphatic heterocycles. The molecule has 0 spiro atoms. The molecule has 2 heterocycles. The number of carbonyl (C=O) groups is 2. The highest BCUT2D eigenvalue weighted by atomic mass is 127. The summed E-state index contributed by atoms with van der Waals surface area (Å²) in [7, 11) is -1.92. The zero-order valence-electron chi connectivity index (χ0n) is 15.6. The molecular weight excluding hydrogens is 453 g/mol. The van der Waals surface area contributed by atoms with E-state index in [-0.39, 0.29) is 34.9 Å². The molecule has 1 aromatic rings. The largest absolute Gasteiger partial charge is 0.462 e. The monoisotopic (exact) mass is 479 g/mol. The molecule has 0 saturated carbocycles. The minimum absolute atomic E-state index is 0.0996. The molecule has 7 nitrogen and oxygen atoms in total. The van der Waals surface area contributed by atoms with E-state index in [9.17, 15) is 9.59 Å². The van der Waals surface area contributed by atoms with Gasteiger partial charge in [-0.3, -0.25) is 9.48 Å². The molecule has 25 heavy (non-hydrogen) atoms. The summed E-state index contributed by atoms with van der Waals surface area (Å²) in [5.74, 6) is -0.823. The zero-order chi connectivity index (χ0) is 19.0. The van der Waals surface area contributed by atoms with Crippen molar-refractivity contribution >= 4 is 42.8 Å². The molecule has 0 aromatic carbocycles. The number of halogens is 1. The van der Waals surface area contributed by atoms with Gasteiger partial charge in [-0.2, -0.15) is 5.10 Å². The SMILES string of the molecule is CCOC(=O)c1c(I)nn2c1C(=O)NCC2CO[Si](C)(C)C(C)(C)C. The van der Waals surface area contributed by atoms with Crippen molar-refractivity contribution in [2.75, 3.05) is 19.8 Å². The predicted molar refractivity (Wildman–Crippen MR) is 105 cm³/mol. The molecule has 140 valence electrons. The third-order valence-corrected chi connectivity index (χ3v) is 10.1. The van der Waals surface area contributed by atoms with Gasteiger partial charge in [-0.05, 0) is 47.6 Å². The Morgan fingerprint density at radius 1 is 1.44 bits per heavy atom. The third-order valence-electron chi connectivity index (χ3n) is 4.85. The van der Waals surface area contributed by atoms with Crippen LogP contribution in [0.1, 0.15) is 54.6 Å². The van der Waals surface area contributed by atoms with Crippen LogP contribution in [0.4, 0.5) is 0 Å². The molecule has 0 aliphatic carbocycles. The molecule has 2 rings (SSSR count). The van der Waals surface area contributed by atoms with Gasteiger partial charge < -0.3 is 14.5 Å². The fourth-order valence-electron chi connectivity index (χ4n) is 2.30. The summed E-state index contributed by atoms with van der Waals surface area (Å²) in [6.07, 6.45) is 0. The number of fused-ring (bicyclic) bond motifs is 1. The van der Waals surface area contributed by atoms with Gasteiger partial charge in [-0.15, -0.1) is 0 Å². The van der Waals surface area contributed by atoms with Gasteiger partial charge in [-0.25, -0.2) is 4.79 Å². The van der Waals surface area contributed by atoms with E-state index in [0.29, 0.717) is 16.9 Å². The lowest BCUT2D eigenvalue weighted by molar-refractivity contribution is 0.0519. The maximum Gasteiger partial charge on any atom is 0.343 e. The van der Waals surface area contributed by atoms with Crippen molar-refractivity contribution in [2.24, 2.45) is 0 Å². The van der Waals surface area contributed by atoms with E-state index in [1.54, 1.807) is 11.6 Å². The Kier molecular flexibility index (Phi) is 5.99. The van der Waals surface area contributed by atoms with Crippen LogP contribution in [0.15, 0.2) is 0 Å². The van der Waals surface area contributed by atoms with Crippen LogP contribution in [0.3, 0.4) is 0 Å². The minimum atomic E-state index is -1.92. The van der Waals surface area contributed by atoms with E-state index in [2.05, 4.69) is 44.3 Å². The van der Waals surface area contributed by atoms with Crippen molar-refractivity contribution in [1.82, 2.24) is 15.1 Å². The summed E-state index contributed by atoms with van der Waals surface area (Å²) in [5, 5.41) is 7.36. The third kappa shape index (κ3) is 4.08. The number of carbonyl (C=O) groups excluding carboxylic acids is 2. The molecule has 1 aromatic heterocycles.